The first-order valence-corrected chi connectivity index (χ1v) is 9.72. The Bertz CT molecular complexity index is 704. The second-order valence-electron chi connectivity index (χ2n) is 6.79. The molecule has 1 aromatic heterocycles. The van der Waals surface area contributed by atoms with Gasteiger partial charge in [0.1, 0.15) is 0 Å². The zero-order chi connectivity index (χ0) is 18.9. The molecular formula is C20H28N4O3. The largest absolute Gasteiger partial charge is 0.382 e. The number of ether oxygens (including phenoxy) is 1. The van der Waals surface area contributed by atoms with Crippen molar-refractivity contribution >= 4 is 5.91 Å². The Kier molecular flexibility index (Phi) is 7.36. The predicted octanol–water partition coefficient (Wildman–Crippen LogP) is 2.49. The topological polar surface area (TPSA) is 80.5 Å². The summed E-state index contributed by atoms with van der Waals surface area (Å²) in [5.74, 6) is 1.34. The molecule has 1 aliphatic heterocycles. The van der Waals surface area contributed by atoms with E-state index < -0.39 is 0 Å². The summed E-state index contributed by atoms with van der Waals surface area (Å²) in [6.07, 6.45) is 2.77. The van der Waals surface area contributed by atoms with Gasteiger partial charge < -0.3 is 14.6 Å². The normalized spacial score (nSPS) is 17.7. The third kappa shape index (κ3) is 5.87. The van der Waals surface area contributed by atoms with E-state index in [2.05, 4.69) is 20.4 Å². The summed E-state index contributed by atoms with van der Waals surface area (Å²) in [4.78, 5) is 19.1. The zero-order valence-corrected chi connectivity index (χ0v) is 15.9. The Labute approximate surface area is 160 Å². The highest BCUT2D eigenvalue weighted by molar-refractivity contribution is 5.78. The van der Waals surface area contributed by atoms with E-state index in [4.69, 9.17) is 9.26 Å². The fourth-order valence-electron chi connectivity index (χ4n) is 3.30. The van der Waals surface area contributed by atoms with E-state index in [0.717, 1.165) is 37.9 Å². The number of amides is 1. The van der Waals surface area contributed by atoms with E-state index in [1.54, 1.807) is 0 Å². The summed E-state index contributed by atoms with van der Waals surface area (Å²) >= 11 is 0. The maximum atomic E-state index is 12.4. The molecule has 0 bridgehead atoms. The summed E-state index contributed by atoms with van der Waals surface area (Å²) in [5.41, 5.74) is 0.940. The van der Waals surface area contributed by atoms with Gasteiger partial charge in [0, 0.05) is 31.9 Å². The van der Waals surface area contributed by atoms with Crippen LogP contribution in [0, 0.1) is 5.92 Å². The summed E-state index contributed by atoms with van der Waals surface area (Å²) in [5, 5.41) is 7.09. The van der Waals surface area contributed by atoms with E-state index in [9.17, 15) is 4.79 Å². The van der Waals surface area contributed by atoms with Gasteiger partial charge in [-0.25, -0.2) is 0 Å². The first-order chi connectivity index (χ1) is 13.3. The van der Waals surface area contributed by atoms with Crippen LogP contribution in [0.3, 0.4) is 0 Å². The van der Waals surface area contributed by atoms with Crippen molar-refractivity contribution in [3.05, 3.63) is 36.2 Å². The Morgan fingerprint density at radius 3 is 3.04 bits per heavy atom. The summed E-state index contributed by atoms with van der Waals surface area (Å²) in [6.45, 7) is 6.29. The standard InChI is InChI=1S/C20H28N4O3/c1-2-26-13-7-11-21-20(25)17-10-6-12-24(14-17)15-18-22-19(23-27-18)16-8-4-3-5-9-16/h3-5,8-9,17H,2,6-7,10-15H2,1H3,(H,21,25). The number of benzene rings is 1. The third-order valence-corrected chi connectivity index (χ3v) is 4.70. The number of hydrogen-bond donors (Lipinski definition) is 1. The van der Waals surface area contributed by atoms with Crippen molar-refractivity contribution in [2.75, 3.05) is 32.8 Å². The molecule has 2 heterocycles. The van der Waals surface area contributed by atoms with Crippen LogP contribution in [0.15, 0.2) is 34.9 Å². The smallest absolute Gasteiger partial charge is 0.241 e. The molecule has 27 heavy (non-hydrogen) atoms. The molecule has 1 aliphatic rings. The van der Waals surface area contributed by atoms with Crippen molar-refractivity contribution in [3.63, 3.8) is 0 Å². The molecule has 0 radical (unpaired) electrons. The van der Waals surface area contributed by atoms with Crippen molar-refractivity contribution in [1.29, 1.82) is 0 Å². The number of carbonyl (C=O) groups excluding carboxylic acids is 1. The zero-order valence-electron chi connectivity index (χ0n) is 15.9. The minimum atomic E-state index is 0.0161. The molecule has 146 valence electrons. The number of carbonyl (C=O) groups is 1. The molecule has 7 heteroatoms. The van der Waals surface area contributed by atoms with Crippen LogP contribution >= 0.6 is 0 Å². The predicted molar refractivity (Wildman–Crippen MR) is 102 cm³/mol. The lowest BCUT2D eigenvalue weighted by molar-refractivity contribution is -0.126. The van der Waals surface area contributed by atoms with Gasteiger partial charge >= 0.3 is 0 Å². The fraction of sp³-hybridized carbons (Fsp3) is 0.550. The van der Waals surface area contributed by atoms with Crippen LogP contribution in [-0.2, 0) is 16.1 Å². The molecule has 0 aliphatic carbocycles. The number of rotatable bonds is 9. The Morgan fingerprint density at radius 2 is 2.22 bits per heavy atom. The van der Waals surface area contributed by atoms with Gasteiger partial charge in [-0.3, -0.25) is 9.69 Å². The molecule has 1 amide bonds. The second-order valence-corrected chi connectivity index (χ2v) is 6.79. The first-order valence-electron chi connectivity index (χ1n) is 9.72. The van der Waals surface area contributed by atoms with Crippen LogP contribution in [-0.4, -0.2) is 53.8 Å². The molecule has 1 aromatic carbocycles. The lowest BCUT2D eigenvalue weighted by atomic mass is 9.97. The Morgan fingerprint density at radius 1 is 1.37 bits per heavy atom. The molecule has 1 atom stereocenters. The van der Waals surface area contributed by atoms with Gasteiger partial charge in [-0.2, -0.15) is 4.98 Å². The maximum Gasteiger partial charge on any atom is 0.241 e. The number of nitrogens with zero attached hydrogens (tertiary/aromatic N) is 3. The van der Waals surface area contributed by atoms with E-state index in [1.807, 2.05) is 37.3 Å². The molecule has 0 spiro atoms. The van der Waals surface area contributed by atoms with Gasteiger partial charge in [0.25, 0.3) is 0 Å². The van der Waals surface area contributed by atoms with Crippen LogP contribution in [0.2, 0.25) is 0 Å². The van der Waals surface area contributed by atoms with E-state index in [1.165, 1.54) is 0 Å². The van der Waals surface area contributed by atoms with Gasteiger partial charge in [0.15, 0.2) is 0 Å². The van der Waals surface area contributed by atoms with Crippen molar-refractivity contribution in [1.82, 2.24) is 20.4 Å². The van der Waals surface area contributed by atoms with Crippen LogP contribution in [0.4, 0.5) is 0 Å². The van der Waals surface area contributed by atoms with Crippen LogP contribution in [0.1, 0.15) is 32.1 Å². The van der Waals surface area contributed by atoms with E-state index in [-0.39, 0.29) is 11.8 Å². The van der Waals surface area contributed by atoms with Gasteiger partial charge in [-0.05, 0) is 32.7 Å². The van der Waals surface area contributed by atoms with Crippen LogP contribution < -0.4 is 5.32 Å². The van der Waals surface area contributed by atoms with Crippen LogP contribution in [0.25, 0.3) is 11.4 Å². The van der Waals surface area contributed by atoms with E-state index in [0.29, 0.717) is 38.0 Å². The summed E-state index contributed by atoms with van der Waals surface area (Å²) in [7, 11) is 0. The highest BCUT2D eigenvalue weighted by Gasteiger charge is 2.26. The monoisotopic (exact) mass is 372 g/mol. The van der Waals surface area contributed by atoms with Gasteiger partial charge in [0.05, 0.1) is 12.5 Å². The minimum absolute atomic E-state index is 0.0161. The van der Waals surface area contributed by atoms with E-state index >= 15 is 0 Å². The minimum Gasteiger partial charge on any atom is -0.382 e. The number of piperidine rings is 1. The van der Waals surface area contributed by atoms with Gasteiger partial charge in [-0.1, -0.05) is 35.5 Å². The quantitative estimate of drug-likeness (QED) is 0.681. The molecule has 1 unspecified atom stereocenters. The number of aromatic nitrogens is 2. The number of hydrogen-bond acceptors (Lipinski definition) is 6. The molecule has 2 aromatic rings. The molecule has 3 rings (SSSR count). The average molecular weight is 372 g/mol. The molecule has 7 nitrogen and oxygen atoms in total. The molecule has 1 N–H and O–H groups in total. The number of nitrogens with one attached hydrogen (secondary N) is 1. The molecular weight excluding hydrogens is 344 g/mol. The lowest BCUT2D eigenvalue weighted by Crippen LogP contribution is -2.43. The molecule has 1 fully saturated rings. The SMILES string of the molecule is CCOCCCNC(=O)C1CCCN(Cc2nc(-c3ccccc3)no2)C1. The molecule has 1 saturated heterocycles. The lowest BCUT2D eigenvalue weighted by Gasteiger charge is -2.30. The Balaban J connectivity index is 1.47. The summed E-state index contributed by atoms with van der Waals surface area (Å²) < 4.78 is 10.7. The van der Waals surface area contributed by atoms with Crippen LogP contribution in [0.5, 0.6) is 0 Å². The third-order valence-electron chi connectivity index (χ3n) is 4.70. The van der Waals surface area contributed by atoms with Gasteiger partial charge in [-0.15, -0.1) is 0 Å². The highest BCUT2D eigenvalue weighted by atomic mass is 16.5. The first kappa shape index (κ1) is 19.5. The second kappa shape index (κ2) is 10.2. The molecule has 0 saturated carbocycles. The average Bonchev–Trinajstić information content (AvgIpc) is 3.17. The van der Waals surface area contributed by atoms with Crippen molar-refractivity contribution in [3.8, 4) is 11.4 Å². The maximum absolute atomic E-state index is 12.4. The summed E-state index contributed by atoms with van der Waals surface area (Å²) in [6, 6.07) is 9.78. The fourth-order valence-corrected chi connectivity index (χ4v) is 3.30. The van der Waals surface area contributed by atoms with Gasteiger partial charge in [0.2, 0.25) is 17.6 Å². The number of likely N-dealkylation sites (tertiary alicyclic amines) is 1. The van der Waals surface area contributed by atoms with Crippen molar-refractivity contribution in [2.24, 2.45) is 5.92 Å². The Hall–Kier alpha value is -2.25. The van der Waals surface area contributed by atoms with Crippen molar-refractivity contribution in [2.45, 2.75) is 32.7 Å². The highest BCUT2D eigenvalue weighted by Crippen LogP contribution is 2.20. The van der Waals surface area contributed by atoms with Crippen molar-refractivity contribution < 1.29 is 14.1 Å².